The molecule has 0 saturated carbocycles. The lowest BCUT2D eigenvalue weighted by molar-refractivity contribution is -0.122. The Labute approximate surface area is 176 Å². The number of ether oxygens (including phenoxy) is 2. The van der Waals surface area contributed by atoms with Crippen molar-refractivity contribution >= 4 is 23.2 Å². The molecule has 1 amide bonds. The van der Waals surface area contributed by atoms with Gasteiger partial charge in [0, 0.05) is 10.7 Å². The van der Waals surface area contributed by atoms with Crippen LogP contribution in [0.1, 0.15) is 23.6 Å². The summed E-state index contributed by atoms with van der Waals surface area (Å²) in [6.07, 6.45) is -0.649. The summed E-state index contributed by atoms with van der Waals surface area (Å²) in [5.74, 6) is 1.13. The van der Waals surface area contributed by atoms with Crippen molar-refractivity contribution in [3.8, 4) is 11.5 Å². The Bertz CT molecular complexity index is 948. The molecule has 150 valence electrons. The largest absolute Gasteiger partial charge is 0.489 e. The van der Waals surface area contributed by atoms with E-state index in [1.807, 2.05) is 80.6 Å². The highest BCUT2D eigenvalue weighted by Gasteiger charge is 2.16. The van der Waals surface area contributed by atoms with Gasteiger partial charge in [-0.1, -0.05) is 41.9 Å². The Kier molecular flexibility index (Phi) is 6.78. The minimum absolute atomic E-state index is 0.229. The van der Waals surface area contributed by atoms with E-state index in [1.54, 1.807) is 6.92 Å². The van der Waals surface area contributed by atoms with Gasteiger partial charge in [-0.3, -0.25) is 4.79 Å². The molecule has 3 rings (SSSR count). The summed E-state index contributed by atoms with van der Waals surface area (Å²) >= 11 is 6.18. The average molecular weight is 410 g/mol. The maximum Gasteiger partial charge on any atom is 0.265 e. The highest BCUT2D eigenvalue weighted by Crippen LogP contribution is 2.26. The van der Waals surface area contributed by atoms with Crippen molar-refractivity contribution in [1.82, 2.24) is 0 Å². The van der Waals surface area contributed by atoms with Crippen LogP contribution in [0.4, 0.5) is 5.69 Å². The Balaban J connectivity index is 1.54. The fourth-order valence-electron chi connectivity index (χ4n) is 2.85. The van der Waals surface area contributed by atoms with E-state index in [9.17, 15) is 4.79 Å². The molecule has 3 aromatic rings. The number of carbonyl (C=O) groups excluding carboxylic acids is 1. The van der Waals surface area contributed by atoms with Crippen LogP contribution in [-0.4, -0.2) is 12.0 Å². The van der Waals surface area contributed by atoms with Gasteiger partial charge in [-0.15, -0.1) is 0 Å². The summed E-state index contributed by atoms with van der Waals surface area (Å²) in [5, 5.41) is 3.57. The van der Waals surface area contributed by atoms with Gasteiger partial charge >= 0.3 is 0 Å². The maximum absolute atomic E-state index is 12.5. The molecule has 5 heteroatoms. The molecule has 0 aliphatic rings. The lowest BCUT2D eigenvalue weighted by Crippen LogP contribution is -2.30. The van der Waals surface area contributed by atoms with Crippen LogP contribution in [0.25, 0.3) is 0 Å². The van der Waals surface area contributed by atoms with Gasteiger partial charge in [0.2, 0.25) is 0 Å². The van der Waals surface area contributed by atoms with Crippen LogP contribution in [0.2, 0.25) is 5.02 Å². The van der Waals surface area contributed by atoms with Crippen molar-refractivity contribution in [1.29, 1.82) is 0 Å². The lowest BCUT2D eigenvalue weighted by atomic mass is 10.1. The number of rotatable bonds is 7. The minimum Gasteiger partial charge on any atom is -0.489 e. The smallest absolute Gasteiger partial charge is 0.265 e. The van der Waals surface area contributed by atoms with E-state index in [-0.39, 0.29) is 5.91 Å². The van der Waals surface area contributed by atoms with Crippen LogP contribution < -0.4 is 14.8 Å². The Morgan fingerprint density at radius 2 is 1.59 bits per heavy atom. The normalized spacial score (nSPS) is 11.6. The van der Waals surface area contributed by atoms with E-state index < -0.39 is 6.10 Å². The fraction of sp³-hybridized carbons (Fsp3) is 0.208. The maximum atomic E-state index is 12.5. The van der Waals surface area contributed by atoms with Crippen molar-refractivity contribution < 1.29 is 14.3 Å². The third-order valence-corrected chi connectivity index (χ3v) is 5.06. The molecule has 0 aliphatic carbocycles. The van der Waals surface area contributed by atoms with Crippen molar-refractivity contribution in [3.63, 3.8) is 0 Å². The number of benzene rings is 3. The molecule has 1 N–H and O–H groups in total. The summed E-state index contributed by atoms with van der Waals surface area (Å²) in [7, 11) is 0. The first kappa shape index (κ1) is 20.7. The zero-order valence-corrected chi connectivity index (χ0v) is 17.5. The van der Waals surface area contributed by atoms with Crippen LogP contribution in [-0.2, 0) is 11.4 Å². The van der Waals surface area contributed by atoms with E-state index in [1.165, 1.54) is 0 Å². The van der Waals surface area contributed by atoms with Crippen molar-refractivity contribution in [2.24, 2.45) is 0 Å². The highest BCUT2D eigenvalue weighted by atomic mass is 35.5. The topological polar surface area (TPSA) is 47.6 Å². The van der Waals surface area contributed by atoms with E-state index >= 15 is 0 Å². The molecular formula is C24H24ClNO3. The van der Waals surface area contributed by atoms with Crippen molar-refractivity contribution in [2.75, 3.05) is 5.32 Å². The highest BCUT2D eigenvalue weighted by molar-refractivity contribution is 6.32. The molecule has 0 heterocycles. The van der Waals surface area contributed by atoms with Gasteiger partial charge in [0.15, 0.2) is 6.10 Å². The molecule has 0 aromatic heterocycles. The van der Waals surface area contributed by atoms with E-state index in [0.29, 0.717) is 23.1 Å². The van der Waals surface area contributed by atoms with Gasteiger partial charge < -0.3 is 14.8 Å². The summed E-state index contributed by atoms with van der Waals surface area (Å²) in [6, 6.07) is 20.9. The molecule has 0 bridgehead atoms. The summed E-state index contributed by atoms with van der Waals surface area (Å²) in [4.78, 5) is 12.5. The van der Waals surface area contributed by atoms with Crippen LogP contribution in [0.5, 0.6) is 11.5 Å². The predicted molar refractivity (Wildman–Crippen MR) is 117 cm³/mol. The molecular weight excluding hydrogens is 386 g/mol. The minimum atomic E-state index is -0.649. The molecule has 0 aliphatic heterocycles. The molecule has 1 unspecified atom stereocenters. The predicted octanol–water partition coefficient (Wildman–Crippen LogP) is 5.94. The van der Waals surface area contributed by atoms with Gasteiger partial charge in [0.05, 0.1) is 0 Å². The summed E-state index contributed by atoms with van der Waals surface area (Å²) in [6.45, 7) is 6.03. The third-order valence-electron chi connectivity index (χ3n) is 4.46. The van der Waals surface area contributed by atoms with Crippen LogP contribution >= 0.6 is 11.6 Å². The number of nitrogens with one attached hydrogen (secondary N) is 1. The lowest BCUT2D eigenvalue weighted by Gasteiger charge is -2.16. The first-order chi connectivity index (χ1) is 13.9. The molecule has 4 nitrogen and oxygen atoms in total. The molecule has 1 atom stereocenters. The number of halogens is 1. The second-order valence-corrected chi connectivity index (χ2v) is 7.30. The summed E-state index contributed by atoms with van der Waals surface area (Å²) in [5.41, 5.74) is 3.62. The molecule has 0 spiro atoms. The third kappa shape index (κ3) is 5.75. The SMILES string of the molecule is Cc1cc(OC(C)C(=O)Nc2ccc(OCc3ccccc3)cc2)cc(C)c1Cl. The zero-order chi connectivity index (χ0) is 20.8. The number of hydrogen-bond acceptors (Lipinski definition) is 3. The van der Waals surface area contributed by atoms with Crippen molar-refractivity contribution in [2.45, 2.75) is 33.5 Å². The molecule has 29 heavy (non-hydrogen) atoms. The number of amides is 1. The van der Waals surface area contributed by atoms with Gasteiger partial charge in [-0.2, -0.15) is 0 Å². The monoisotopic (exact) mass is 409 g/mol. The first-order valence-corrected chi connectivity index (χ1v) is 9.81. The van der Waals surface area contributed by atoms with Crippen molar-refractivity contribution in [3.05, 3.63) is 88.4 Å². The van der Waals surface area contributed by atoms with Gasteiger partial charge in [-0.05, 0) is 73.9 Å². The second-order valence-electron chi connectivity index (χ2n) is 6.92. The Morgan fingerprint density at radius 1 is 0.966 bits per heavy atom. The quantitative estimate of drug-likeness (QED) is 0.525. The van der Waals surface area contributed by atoms with Crippen LogP contribution in [0.15, 0.2) is 66.7 Å². The van der Waals surface area contributed by atoms with E-state index in [2.05, 4.69) is 5.32 Å². The number of carbonyl (C=O) groups is 1. The zero-order valence-electron chi connectivity index (χ0n) is 16.7. The Morgan fingerprint density at radius 3 is 2.21 bits per heavy atom. The Hall–Kier alpha value is -2.98. The number of anilines is 1. The van der Waals surface area contributed by atoms with Gasteiger partial charge in [0.25, 0.3) is 5.91 Å². The molecule has 0 radical (unpaired) electrons. The number of aryl methyl sites for hydroxylation is 2. The van der Waals surface area contributed by atoms with E-state index in [4.69, 9.17) is 21.1 Å². The van der Waals surface area contributed by atoms with Gasteiger partial charge in [-0.25, -0.2) is 0 Å². The molecule has 3 aromatic carbocycles. The van der Waals surface area contributed by atoms with E-state index in [0.717, 1.165) is 22.4 Å². The summed E-state index contributed by atoms with van der Waals surface area (Å²) < 4.78 is 11.5. The molecule has 0 fully saturated rings. The second kappa shape index (κ2) is 9.48. The molecule has 0 saturated heterocycles. The van der Waals surface area contributed by atoms with Crippen LogP contribution in [0.3, 0.4) is 0 Å². The standard InChI is InChI=1S/C24H24ClNO3/c1-16-13-22(14-17(2)23(16)25)29-18(3)24(27)26-20-9-11-21(12-10-20)28-15-19-7-5-4-6-8-19/h4-14,18H,15H2,1-3H3,(H,26,27). The van der Waals surface area contributed by atoms with Crippen LogP contribution in [0, 0.1) is 13.8 Å². The average Bonchev–Trinajstić information content (AvgIpc) is 2.72. The fourth-order valence-corrected chi connectivity index (χ4v) is 2.96. The first-order valence-electron chi connectivity index (χ1n) is 9.43. The van der Waals surface area contributed by atoms with Gasteiger partial charge in [0.1, 0.15) is 18.1 Å². The number of hydrogen-bond donors (Lipinski definition) is 1.